The van der Waals surface area contributed by atoms with Crippen molar-refractivity contribution in [2.24, 2.45) is 0 Å². The van der Waals surface area contributed by atoms with Crippen LogP contribution in [0.25, 0.3) is 0 Å². The fourth-order valence-corrected chi connectivity index (χ4v) is 3.38. The summed E-state index contributed by atoms with van der Waals surface area (Å²) in [5, 5.41) is 4.50. The van der Waals surface area contributed by atoms with Gasteiger partial charge in [0.1, 0.15) is 5.82 Å². The van der Waals surface area contributed by atoms with Crippen molar-refractivity contribution < 1.29 is 4.39 Å². The van der Waals surface area contributed by atoms with Crippen LogP contribution in [0.15, 0.2) is 40.9 Å². The lowest BCUT2D eigenvalue weighted by Crippen LogP contribution is -2.24. The Hall–Kier alpha value is -0.610. The van der Waals surface area contributed by atoms with Gasteiger partial charge in [-0.3, -0.25) is 0 Å². The third-order valence-electron chi connectivity index (χ3n) is 3.24. The van der Waals surface area contributed by atoms with E-state index in [-0.39, 0.29) is 11.9 Å². The minimum Gasteiger partial charge on any atom is -0.310 e. The molecule has 2 aromatic carbocycles. The molecule has 0 saturated heterocycles. The average Bonchev–Trinajstić information content (AvgIpc) is 2.41. The number of rotatable bonds is 5. The molecule has 2 rings (SSSR count). The fourth-order valence-electron chi connectivity index (χ4n) is 2.27. The first-order chi connectivity index (χ1) is 10.0. The van der Waals surface area contributed by atoms with Crippen molar-refractivity contribution in [1.29, 1.82) is 0 Å². The first kappa shape index (κ1) is 16.8. The summed E-state index contributed by atoms with van der Waals surface area (Å²) in [6.07, 6.45) is 0.587. The number of nitrogens with one attached hydrogen (secondary N) is 1. The summed E-state index contributed by atoms with van der Waals surface area (Å²) in [4.78, 5) is 0. The number of hydrogen-bond acceptors (Lipinski definition) is 1. The predicted molar refractivity (Wildman–Crippen MR) is 90.7 cm³/mol. The van der Waals surface area contributed by atoms with Crippen molar-refractivity contribution in [3.63, 3.8) is 0 Å². The summed E-state index contributed by atoms with van der Waals surface area (Å²) in [6.45, 7) is 2.72. The molecule has 0 fully saturated rings. The molecule has 0 bridgehead atoms. The van der Waals surface area contributed by atoms with E-state index < -0.39 is 0 Å². The predicted octanol–water partition coefficient (Wildman–Crippen LogP) is 5.79. The Bertz CT molecular complexity index is 613. The summed E-state index contributed by atoms with van der Waals surface area (Å²) in [6, 6.07) is 10.2. The number of halogens is 4. The van der Waals surface area contributed by atoms with Crippen LogP contribution in [0.1, 0.15) is 24.1 Å². The first-order valence-electron chi connectivity index (χ1n) is 6.64. The van der Waals surface area contributed by atoms with Crippen molar-refractivity contribution in [1.82, 2.24) is 5.32 Å². The van der Waals surface area contributed by atoms with Crippen LogP contribution < -0.4 is 5.32 Å². The molecule has 0 amide bonds. The van der Waals surface area contributed by atoms with Gasteiger partial charge in [0.15, 0.2) is 0 Å². The van der Waals surface area contributed by atoms with Gasteiger partial charge in [0.05, 0.1) is 0 Å². The summed E-state index contributed by atoms with van der Waals surface area (Å²) in [7, 11) is 0. The van der Waals surface area contributed by atoms with Crippen molar-refractivity contribution in [3.8, 4) is 0 Å². The number of benzene rings is 2. The van der Waals surface area contributed by atoms with Gasteiger partial charge in [0.2, 0.25) is 0 Å². The van der Waals surface area contributed by atoms with E-state index in [1.807, 2.05) is 19.1 Å². The molecule has 112 valence electrons. The number of hydrogen-bond donors (Lipinski definition) is 1. The summed E-state index contributed by atoms with van der Waals surface area (Å²) < 4.78 is 14.9. The van der Waals surface area contributed by atoms with Crippen LogP contribution in [0, 0.1) is 5.82 Å². The standard InChI is InChI=1S/C16H15BrCl2FN/c1-2-21-15(16-12(17)4-3-5-14(16)20)8-10-6-7-11(18)9-13(10)19/h3-7,9,15,21H,2,8H2,1H3. The van der Waals surface area contributed by atoms with Gasteiger partial charge in [0.25, 0.3) is 0 Å². The largest absolute Gasteiger partial charge is 0.310 e. The average molecular weight is 391 g/mol. The van der Waals surface area contributed by atoms with Crippen molar-refractivity contribution in [2.75, 3.05) is 6.54 Å². The molecular formula is C16H15BrCl2FN. The quantitative estimate of drug-likeness (QED) is 0.681. The van der Waals surface area contributed by atoms with E-state index in [9.17, 15) is 4.39 Å². The lowest BCUT2D eigenvalue weighted by molar-refractivity contribution is 0.508. The molecule has 2 aromatic rings. The lowest BCUT2D eigenvalue weighted by Gasteiger charge is -2.21. The molecule has 0 aliphatic carbocycles. The Kier molecular flexibility index (Phi) is 6.06. The topological polar surface area (TPSA) is 12.0 Å². The van der Waals surface area contributed by atoms with Gasteiger partial charge in [-0.05, 0) is 42.8 Å². The maximum atomic E-state index is 14.2. The van der Waals surface area contributed by atoms with Crippen molar-refractivity contribution in [3.05, 3.63) is 67.9 Å². The van der Waals surface area contributed by atoms with Gasteiger partial charge in [-0.1, -0.05) is 58.2 Å². The van der Waals surface area contributed by atoms with E-state index in [0.29, 0.717) is 22.0 Å². The van der Waals surface area contributed by atoms with Crippen LogP contribution in [-0.2, 0) is 6.42 Å². The van der Waals surface area contributed by atoms with E-state index in [4.69, 9.17) is 23.2 Å². The Morgan fingerprint density at radius 2 is 2.00 bits per heavy atom. The second kappa shape index (κ2) is 7.59. The third kappa shape index (κ3) is 4.19. The van der Waals surface area contributed by atoms with Gasteiger partial charge < -0.3 is 5.32 Å². The van der Waals surface area contributed by atoms with Gasteiger partial charge in [-0.15, -0.1) is 0 Å². The summed E-state index contributed by atoms with van der Waals surface area (Å²) >= 11 is 15.6. The first-order valence-corrected chi connectivity index (χ1v) is 8.19. The van der Waals surface area contributed by atoms with Gasteiger partial charge >= 0.3 is 0 Å². The minimum atomic E-state index is -0.236. The van der Waals surface area contributed by atoms with Crippen LogP contribution in [0.3, 0.4) is 0 Å². The molecule has 0 aliphatic heterocycles. The number of likely N-dealkylation sites (N-methyl/N-ethyl adjacent to an activating group) is 1. The molecule has 1 atom stereocenters. The second-order valence-corrected chi connectivity index (χ2v) is 6.38. The van der Waals surface area contributed by atoms with Crippen LogP contribution in [0.4, 0.5) is 4.39 Å². The Balaban J connectivity index is 2.35. The van der Waals surface area contributed by atoms with Gasteiger partial charge in [-0.25, -0.2) is 4.39 Å². The maximum Gasteiger partial charge on any atom is 0.129 e. The molecular weight excluding hydrogens is 376 g/mol. The summed E-state index contributed by atoms with van der Waals surface area (Å²) in [5.41, 5.74) is 1.55. The Labute approximate surface area is 142 Å². The molecule has 1 N–H and O–H groups in total. The molecule has 0 saturated carbocycles. The lowest BCUT2D eigenvalue weighted by atomic mass is 9.98. The third-order valence-corrected chi connectivity index (χ3v) is 4.52. The molecule has 0 aromatic heterocycles. The second-order valence-electron chi connectivity index (χ2n) is 4.69. The van der Waals surface area contributed by atoms with Gasteiger partial charge in [-0.2, -0.15) is 0 Å². The zero-order valence-corrected chi connectivity index (χ0v) is 14.6. The van der Waals surface area contributed by atoms with E-state index in [1.54, 1.807) is 18.2 Å². The monoisotopic (exact) mass is 389 g/mol. The highest BCUT2D eigenvalue weighted by molar-refractivity contribution is 9.10. The smallest absolute Gasteiger partial charge is 0.129 e. The van der Waals surface area contributed by atoms with E-state index in [0.717, 1.165) is 16.6 Å². The van der Waals surface area contributed by atoms with Crippen LogP contribution in [-0.4, -0.2) is 6.54 Å². The molecule has 0 heterocycles. The molecule has 0 radical (unpaired) electrons. The highest BCUT2D eigenvalue weighted by Crippen LogP contribution is 2.31. The SMILES string of the molecule is CCNC(Cc1ccc(Cl)cc1Cl)c1c(F)cccc1Br. The molecule has 1 nitrogen and oxygen atoms in total. The van der Waals surface area contributed by atoms with Gasteiger partial charge in [0, 0.05) is 26.1 Å². The van der Waals surface area contributed by atoms with Crippen LogP contribution in [0.2, 0.25) is 10.0 Å². The Morgan fingerprint density at radius 3 is 2.62 bits per heavy atom. The fraction of sp³-hybridized carbons (Fsp3) is 0.250. The molecule has 1 unspecified atom stereocenters. The van der Waals surface area contributed by atoms with E-state index in [1.165, 1.54) is 6.07 Å². The molecule has 5 heteroatoms. The molecule has 0 spiro atoms. The molecule has 0 aliphatic rings. The normalized spacial score (nSPS) is 12.4. The maximum absolute atomic E-state index is 14.2. The van der Waals surface area contributed by atoms with Crippen LogP contribution in [0.5, 0.6) is 0 Å². The van der Waals surface area contributed by atoms with Crippen molar-refractivity contribution >= 4 is 39.1 Å². The highest BCUT2D eigenvalue weighted by atomic mass is 79.9. The summed E-state index contributed by atoms with van der Waals surface area (Å²) in [5.74, 6) is -0.236. The highest BCUT2D eigenvalue weighted by Gasteiger charge is 2.19. The zero-order valence-electron chi connectivity index (χ0n) is 11.5. The van der Waals surface area contributed by atoms with E-state index >= 15 is 0 Å². The van der Waals surface area contributed by atoms with E-state index in [2.05, 4.69) is 21.2 Å². The minimum absolute atomic E-state index is 0.163. The zero-order chi connectivity index (χ0) is 15.4. The van der Waals surface area contributed by atoms with Crippen LogP contribution >= 0.6 is 39.1 Å². The Morgan fingerprint density at radius 1 is 1.24 bits per heavy atom. The molecule has 21 heavy (non-hydrogen) atoms. The van der Waals surface area contributed by atoms with Crippen molar-refractivity contribution in [2.45, 2.75) is 19.4 Å².